The highest BCUT2D eigenvalue weighted by molar-refractivity contribution is 6.07. The maximum Gasteiger partial charge on any atom is 0.252 e. The van der Waals surface area contributed by atoms with Crippen LogP contribution in [0.4, 0.5) is 5.69 Å². The standard InChI is InChI=1S/C20H19N5O4/c26-18(22-14-6-7-16-17(10-14)29-9-8-28-16)11-15-19(27)24-20(23-15)25-21-12-13-4-2-1-3-5-13/h1-7,10,12,15H,8-9,11H2,(H,22,26)(H2,23,24,25,27)/b21-12-/t15-/m0/s1. The van der Waals surface area contributed by atoms with Crippen LogP contribution in [-0.2, 0) is 9.59 Å². The van der Waals surface area contributed by atoms with Gasteiger partial charge in [-0.3, -0.25) is 14.9 Å². The number of rotatable bonds is 5. The van der Waals surface area contributed by atoms with E-state index in [0.29, 0.717) is 30.4 Å². The van der Waals surface area contributed by atoms with Crippen LogP contribution in [0.2, 0.25) is 0 Å². The third-order valence-electron chi connectivity index (χ3n) is 4.22. The van der Waals surface area contributed by atoms with Crippen molar-refractivity contribution in [3.8, 4) is 11.5 Å². The summed E-state index contributed by atoms with van der Waals surface area (Å²) < 4.78 is 10.9. The first-order valence-electron chi connectivity index (χ1n) is 9.10. The molecule has 0 fully saturated rings. The molecule has 2 amide bonds. The number of carbonyl (C=O) groups excluding carboxylic acids is 2. The van der Waals surface area contributed by atoms with E-state index in [0.717, 1.165) is 5.56 Å². The summed E-state index contributed by atoms with van der Waals surface area (Å²) in [5.41, 5.74) is 4.14. The molecule has 0 bridgehead atoms. The van der Waals surface area contributed by atoms with Crippen molar-refractivity contribution in [3.63, 3.8) is 0 Å². The molecule has 29 heavy (non-hydrogen) atoms. The molecule has 0 unspecified atom stereocenters. The lowest BCUT2D eigenvalue weighted by atomic mass is 10.2. The van der Waals surface area contributed by atoms with Crippen LogP contribution in [0.3, 0.4) is 0 Å². The van der Waals surface area contributed by atoms with Crippen molar-refractivity contribution in [3.05, 3.63) is 54.1 Å². The van der Waals surface area contributed by atoms with Crippen LogP contribution < -0.4 is 25.5 Å². The van der Waals surface area contributed by atoms with Crippen molar-refractivity contribution in [2.24, 2.45) is 10.1 Å². The fourth-order valence-electron chi connectivity index (χ4n) is 2.86. The fraction of sp³-hybridized carbons (Fsp3) is 0.200. The second-order valence-corrected chi connectivity index (χ2v) is 6.37. The number of hydrogen-bond donors (Lipinski definition) is 3. The number of ether oxygens (including phenoxy) is 2. The lowest BCUT2D eigenvalue weighted by molar-refractivity contribution is -0.123. The molecule has 4 rings (SSSR count). The Morgan fingerprint density at radius 1 is 1.17 bits per heavy atom. The highest BCUT2D eigenvalue weighted by Crippen LogP contribution is 2.32. The molecule has 3 N–H and O–H groups in total. The number of benzene rings is 2. The van der Waals surface area contributed by atoms with E-state index in [2.05, 4.69) is 26.2 Å². The number of amides is 2. The minimum atomic E-state index is -0.818. The Bertz CT molecular complexity index is 974. The minimum Gasteiger partial charge on any atom is -0.486 e. The van der Waals surface area contributed by atoms with E-state index in [1.165, 1.54) is 0 Å². The third kappa shape index (κ3) is 4.70. The van der Waals surface area contributed by atoms with Gasteiger partial charge in [0.15, 0.2) is 11.5 Å². The summed E-state index contributed by atoms with van der Waals surface area (Å²) in [6.45, 7) is 0.961. The van der Waals surface area contributed by atoms with Crippen LogP contribution in [0.5, 0.6) is 11.5 Å². The largest absolute Gasteiger partial charge is 0.486 e. The van der Waals surface area contributed by atoms with Gasteiger partial charge in [0, 0.05) is 11.8 Å². The highest BCUT2D eigenvalue weighted by atomic mass is 16.6. The van der Waals surface area contributed by atoms with Gasteiger partial charge < -0.3 is 14.8 Å². The summed E-state index contributed by atoms with van der Waals surface area (Å²) in [5.74, 6) is 0.730. The quantitative estimate of drug-likeness (QED) is 0.523. The van der Waals surface area contributed by atoms with Gasteiger partial charge in [-0.1, -0.05) is 30.3 Å². The molecule has 1 atom stereocenters. The van der Waals surface area contributed by atoms with Crippen LogP contribution in [0.15, 0.2) is 58.6 Å². The molecule has 2 heterocycles. The molecule has 148 valence electrons. The first-order valence-corrected chi connectivity index (χ1v) is 9.10. The molecule has 0 radical (unpaired) electrons. The Hall–Kier alpha value is -3.88. The predicted octanol–water partition coefficient (Wildman–Crippen LogP) is 1.26. The maximum atomic E-state index is 12.3. The Labute approximate surface area is 166 Å². The van der Waals surface area contributed by atoms with E-state index in [9.17, 15) is 9.59 Å². The zero-order chi connectivity index (χ0) is 20.1. The van der Waals surface area contributed by atoms with Gasteiger partial charge >= 0.3 is 0 Å². The predicted molar refractivity (Wildman–Crippen MR) is 107 cm³/mol. The normalized spacial score (nSPS) is 17.6. The topological polar surface area (TPSA) is 113 Å². The molecule has 0 spiro atoms. The van der Waals surface area contributed by atoms with Crippen LogP contribution >= 0.6 is 0 Å². The lowest BCUT2D eigenvalue weighted by Gasteiger charge is -2.19. The van der Waals surface area contributed by atoms with Crippen molar-refractivity contribution in [2.75, 3.05) is 18.5 Å². The minimum absolute atomic E-state index is 0.0894. The SMILES string of the molecule is O=C(C[C@@H]1N=C(N/N=C\c2ccccc2)NC1=O)Nc1ccc2c(c1)OCCO2. The lowest BCUT2D eigenvalue weighted by Crippen LogP contribution is -2.35. The Morgan fingerprint density at radius 3 is 2.79 bits per heavy atom. The number of nitrogens with one attached hydrogen (secondary N) is 3. The molecule has 2 aromatic rings. The number of nitrogens with zero attached hydrogens (tertiary/aromatic N) is 2. The molecule has 0 aliphatic carbocycles. The van der Waals surface area contributed by atoms with E-state index >= 15 is 0 Å². The van der Waals surface area contributed by atoms with E-state index in [4.69, 9.17) is 9.47 Å². The van der Waals surface area contributed by atoms with Crippen molar-refractivity contribution < 1.29 is 19.1 Å². The number of carbonyl (C=O) groups is 2. The van der Waals surface area contributed by atoms with Crippen molar-refractivity contribution in [1.29, 1.82) is 0 Å². The zero-order valence-corrected chi connectivity index (χ0v) is 15.4. The van der Waals surface area contributed by atoms with E-state index in [1.54, 1.807) is 24.4 Å². The second-order valence-electron chi connectivity index (χ2n) is 6.37. The molecule has 0 saturated heterocycles. The molecule has 2 aliphatic heterocycles. The second kappa shape index (κ2) is 8.42. The first kappa shape index (κ1) is 18.5. The Kier molecular flexibility index (Phi) is 5.37. The third-order valence-corrected chi connectivity index (χ3v) is 4.22. The molecule has 0 aromatic heterocycles. The summed E-state index contributed by atoms with van der Waals surface area (Å²) >= 11 is 0. The first-order chi connectivity index (χ1) is 14.2. The average Bonchev–Trinajstić information content (AvgIpc) is 3.07. The molecular weight excluding hydrogens is 374 g/mol. The zero-order valence-electron chi connectivity index (χ0n) is 15.4. The van der Waals surface area contributed by atoms with E-state index in [1.807, 2.05) is 30.3 Å². The summed E-state index contributed by atoms with van der Waals surface area (Å²) in [6, 6.07) is 13.8. The van der Waals surface area contributed by atoms with Gasteiger partial charge in [0.1, 0.15) is 19.3 Å². The molecule has 2 aliphatic rings. The van der Waals surface area contributed by atoms with Crippen LogP contribution in [0.1, 0.15) is 12.0 Å². The summed E-state index contributed by atoms with van der Waals surface area (Å²) in [5, 5.41) is 9.35. The van der Waals surface area contributed by atoms with Gasteiger partial charge in [-0.15, -0.1) is 0 Å². The van der Waals surface area contributed by atoms with Gasteiger partial charge in [0.25, 0.3) is 5.91 Å². The number of hydrazone groups is 1. The van der Waals surface area contributed by atoms with Crippen LogP contribution in [0, 0.1) is 0 Å². The number of anilines is 1. The number of aliphatic imine (C=N–C) groups is 1. The smallest absolute Gasteiger partial charge is 0.252 e. The Morgan fingerprint density at radius 2 is 1.97 bits per heavy atom. The van der Waals surface area contributed by atoms with Crippen LogP contribution in [0.25, 0.3) is 0 Å². The average molecular weight is 393 g/mol. The van der Waals surface area contributed by atoms with Crippen molar-refractivity contribution in [2.45, 2.75) is 12.5 Å². The number of guanidine groups is 1. The maximum absolute atomic E-state index is 12.3. The van der Waals surface area contributed by atoms with Crippen molar-refractivity contribution in [1.82, 2.24) is 10.7 Å². The molecule has 9 heteroatoms. The summed E-state index contributed by atoms with van der Waals surface area (Å²) in [6.07, 6.45) is 1.52. The van der Waals surface area contributed by atoms with Gasteiger partial charge in [-0.05, 0) is 17.7 Å². The van der Waals surface area contributed by atoms with E-state index in [-0.39, 0.29) is 24.2 Å². The van der Waals surface area contributed by atoms with Crippen molar-refractivity contribution >= 4 is 29.7 Å². The number of fused-ring (bicyclic) bond motifs is 1. The van der Waals surface area contributed by atoms with Gasteiger partial charge in [0.05, 0.1) is 12.6 Å². The van der Waals surface area contributed by atoms with Gasteiger partial charge in [-0.25, -0.2) is 10.4 Å². The molecule has 0 saturated carbocycles. The highest BCUT2D eigenvalue weighted by Gasteiger charge is 2.28. The van der Waals surface area contributed by atoms with Crippen LogP contribution in [-0.4, -0.2) is 43.2 Å². The fourth-order valence-corrected chi connectivity index (χ4v) is 2.86. The molecule has 9 nitrogen and oxygen atoms in total. The summed E-state index contributed by atoms with van der Waals surface area (Å²) in [7, 11) is 0. The van der Waals surface area contributed by atoms with E-state index < -0.39 is 6.04 Å². The molecular formula is C20H19N5O4. The monoisotopic (exact) mass is 393 g/mol. The number of hydrogen-bond acceptors (Lipinski definition) is 7. The van der Waals surface area contributed by atoms with Gasteiger partial charge in [-0.2, -0.15) is 5.10 Å². The summed E-state index contributed by atoms with van der Waals surface area (Å²) in [4.78, 5) is 28.5. The Balaban J connectivity index is 1.32. The van der Waals surface area contributed by atoms with Gasteiger partial charge in [0.2, 0.25) is 11.9 Å². The molecule has 2 aromatic carbocycles.